The van der Waals surface area contributed by atoms with E-state index in [1.807, 2.05) is 0 Å². The standard InChI is InChI=1S/C15H23N3/c1-3-18(4-2)15(9-10-16)13-11-17-14-8-6-5-7-12(13)14/h5-8,11,15,17H,3-4,9-10,16H2,1-2H3. The maximum atomic E-state index is 5.79. The molecule has 98 valence electrons. The van der Waals surface area contributed by atoms with Crippen LogP contribution in [0.4, 0.5) is 0 Å². The minimum Gasteiger partial charge on any atom is -0.361 e. The van der Waals surface area contributed by atoms with E-state index in [0.29, 0.717) is 6.04 Å². The van der Waals surface area contributed by atoms with Crippen LogP contribution < -0.4 is 5.73 Å². The van der Waals surface area contributed by atoms with Crippen LogP contribution in [0.1, 0.15) is 31.9 Å². The van der Waals surface area contributed by atoms with Crippen LogP contribution in [0, 0.1) is 0 Å². The number of H-pyrrole nitrogens is 1. The summed E-state index contributed by atoms with van der Waals surface area (Å²) in [5, 5.41) is 1.32. The molecule has 1 aromatic heterocycles. The molecule has 0 aliphatic heterocycles. The summed E-state index contributed by atoms with van der Waals surface area (Å²) in [4.78, 5) is 5.84. The molecular weight excluding hydrogens is 222 g/mol. The monoisotopic (exact) mass is 245 g/mol. The molecule has 0 saturated heterocycles. The van der Waals surface area contributed by atoms with Crippen LogP contribution >= 0.6 is 0 Å². The molecule has 18 heavy (non-hydrogen) atoms. The summed E-state index contributed by atoms with van der Waals surface area (Å²) in [6.45, 7) is 7.26. The maximum absolute atomic E-state index is 5.79. The Morgan fingerprint density at radius 3 is 2.61 bits per heavy atom. The molecular formula is C15H23N3. The van der Waals surface area contributed by atoms with Gasteiger partial charge in [0.15, 0.2) is 0 Å². The van der Waals surface area contributed by atoms with E-state index in [1.54, 1.807) is 0 Å². The van der Waals surface area contributed by atoms with Gasteiger partial charge in [-0.1, -0.05) is 32.0 Å². The van der Waals surface area contributed by atoms with Crippen molar-refractivity contribution < 1.29 is 0 Å². The lowest BCUT2D eigenvalue weighted by atomic mass is 10.0. The molecule has 3 N–H and O–H groups in total. The van der Waals surface area contributed by atoms with E-state index in [2.05, 4.69) is 54.2 Å². The lowest BCUT2D eigenvalue weighted by Crippen LogP contribution is -2.30. The summed E-state index contributed by atoms with van der Waals surface area (Å²) in [6, 6.07) is 8.90. The number of fused-ring (bicyclic) bond motifs is 1. The SMILES string of the molecule is CCN(CC)C(CCN)c1c[nH]c2ccccc12. The number of hydrogen-bond acceptors (Lipinski definition) is 2. The van der Waals surface area contributed by atoms with Crippen molar-refractivity contribution in [3.8, 4) is 0 Å². The van der Waals surface area contributed by atoms with E-state index in [0.717, 1.165) is 26.1 Å². The van der Waals surface area contributed by atoms with Gasteiger partial charge in [-0.15, -0.1) is 0 Å². The summed E-state index contributed by atoms with van der Waals surface area (Å²) in [5.74, 6) is 0. The summed E-state index contributed by atoms with van der Waals surface area (Å²) < 4.78 is 0. The first-order valence-corrected chi connectivity index (χ1v) is 6.81. The van der Waals surface area contributed by atoms with Gasteiger partial charge in [-0.2, -0.15) is 0 Å². The Morgan fingerprint density at radius 1 is 1.22 bits per heavy atom. The highest BCUT2D eigenvalue weighted by Gasteiger charge is 2.19. The van der Waals surface area contributed by atoms with Crippen LogP contribution in [0.5, 0.6) is 0 Å². The van der Waals surface area contributed by atoms with Crippen LogP contribution in [-0.2, 0) is 0 Å². The smallest absolute Gasteiger partial charge is 0.0457 e. The minimum absolute atomic E-state index is 0.418. The molecule has 0 fully saturated rings. The molecule has 2 rings (SSSR count). The van der Waals surface area contributed by atoms with Gasteiger partial charge in [0.2, 0.25) is 0 Å². The number of aromatic nitrogens is 1. The Kier molecular flexibility index (Phi) is 4.39. The van der Waals surface area contributed by atoms with Gasteiger partial charge in [-0.25, -0.2) is 0 Å². The predicted molar refractivity (Wildman–Crippen MR) is 77.6 cm³/mol. The molecule has 0 saturated carbocycles. The first kappa shape index (κ1) is 13.1. The normalized spacial score (nSPS) is 13.3. The predicted octanol–water partition coefficient (Wildman–Crippen LogP) is 2.90. The van der Waals surface area contributed by atoms with Crippen LogP contribution in [-0.4, -0.2) is 29.5 Å². The van der Waals surface area contributed by atoms with Gasteiger partial charge >= 0.3 is 0 Å². The molecule has 0 aliphatic rings. The minimum atomic E-state index is 0.418. The van der Waals surface area contributed by atoms with E-state index in [9.17, 15) is 0 Å². The molecule has 2 aromatic rings. The van der Waals surface area contributed by atoms with E-state index >= 15 is 0 Å². The summed E-state index contributed by atoms with van der Waals surface area (Å²) in [7, 11) is 0. The number of nitrogens with two attached hydrogens (primary N) is 1. The molecule has 0 bridgehead atoms. The van der Waals surface area contributed by atoms with Gasteiger partial charge in [-0.05, 0) is 37.7 Å². The molecule has 1 heterocycles. The van der Waals surface area contributed by atoms with E-state index in [1.165, 1.54) is 16.5 Å². The fourth-order valence-electron chi connectivity index (χ4n) is 2.73. The fraction of sp³-hybridized carbons (Fsp3) is 0.467. The van der Waals surface area contributed by atoms with Gasteiger partial charge in [0.25, 0.3) is 0 Å². The maximum Gasteiger partial charge on any atom is 0.0457 e. The Hall–Kier alpha value is -1.32. The second-order valence-corrected chi connectivity index (χ2v) is 4.60. The number of nitrogens with one attached hydrogen (secondary N) is 1. The molecule has 0 aliphatic carbocycles. The first-order chi connectivity index (χ1) is 8.81. The molecule has 0 spiro atoms. The quantitative estimate of drug-likeness (QED) is 0.822. The number of hydrogen-bond donors (Lipinski definition) is 2. The zero-order valence-corrected chi connectivity index (χ0v) is 11.3. The highest BCUT2D eigenvalue weighted by molar-refractivity contribution is 5.83. The third-order valence-corrected chi connectivity index (χ3v) is 3.67. The Bertz CT molecular complexity index is 485. The molecule has 3 heteroatoms. The number of benzene rings is 1. The van der Waals surface area contributed by atoms with Crippen LogP contribution in [0.25, 0.3) is 10.9 Å². The Labute approximate surface area is 109 Å². The first-order valence-electron chi connectivity index (χ1n) is 6.81. The second kappa shape index (κ2) is 6.03. The van der Waals surface area contributed by atoms with Gasteiger partial charge in [0, 0.05) is 23.1 Å². The van der Waals surface area contributed by atoms with Crippen molar-refractivity contribution in [2.75, 3.05) is 19.6 Å². The highest BCUT2D eigenvalue weighted by Crippen LogP contribution is 2.30. The largest absolute Gasteiger partial charge is 0.361 e. The number of aromatic amines is 1. The lowest BCUT2D eigenvalue weighted by Gasteiger charge is -2.29. The summed E-state index contributed by atoms with van der Waals surface area (Å²) in [5.41, 5.74) is 8.37. The second-order valence-electron chi connectivity index (χ2n) is 4.60. The third-order valence-electron chi connectivity index (χ3n) is 3.67. The number of rotatable bonds is 6. The molecule has 0 radical (unpaired) electrons. The zero-order chi connectivity index (χ0) is 13.0. The average molecular weight is 245 g/mol. The van der Waals surface area contributed by atoms with Crippen molar-refractivity contribution in [1.82, 2.24) is 9.88 Å². The molecule has 1 unspecified atom stereocenters. The fourth-order valence-corrected chi connectivity index (χ4v) is 2.73. The molecule has 1 aromatic carbocycles. The third kappa shape index (κ3) is 2.42. The van der Waals surface area contributed by atoms with Gasteiger partial charge in [0.05, 0.1) is 0 Å². The van der Waals surface area contributed by atoms with Crippen molar-refractivity contribution in [1.29, 1.82) is 0 Å². The summed E-state index contributed by atoms with van der Waals surface area (Å²) in [6.07, 6.45) is 3.15. The van der Waals surface area contributed by atoms with Crippen molar-refractivity contribution in [3.05, 3.63) is 36.0 Å². The van der Waals surface area contributed by atoms with E-state index in [4.69, 9.17) is 5.73 Å². The topological polar surface area (TPSA) is 45.0 Å². The van der Waals surface area contributed by atoms with Gasteiger partial charge in [0.1, 0.15) is 0 Å². The number of nitrogens with zero attached hydrogens (tertiary/aromatic N) is 1. The lowest BCUT2D eigenvalue weighted by molar-refractivity contribution is 0.211. The molecule has 3 nitrogen and oxygen atoms in total. The van der Waals surface area contributed by atoms with Crippen molar-refractivity contribution in [2.45, 2.75) is 26.3 Å². The Balaban J connectivity index is 2.41. The summed E-state index contributed by atoms with van der Waals surface area (Å²) >= 11 is 0. The van der Waals surface area contributed by atoms with Gasteiger partial charge in [-0.3, -0.25) is 4.90 Å². The van der Waals surface area contributed by atoms with Crippen molar-refractivity contribution in [3.63, 3.8) is 0 Å². The van der Waals surface area contributed by atoms with Crippen LogP contribution in [0.15, 0.2) is 30.5 Å². The van der Waals surface area contributed by atoms with Gasteiger partial charge < -0.3 is 10.7 Å². The van der Waals surface area contributed by atoms with E-state index < -0.39 is 0 Å². The van der Waals surface area contributed by atoms with Crippen LogP contribution in [0.2, 0.25) is 0 Å². The molecule has 1 atom stereocenters. The zero-order valence-electron chi connectivity index (χ0n) is 11.3. The van der Waals surface area contributed by atoms with Crippen molar-refractivity contribution >= 4 is 10.9 Å². The number of para-hydroxylation sites is 1. The van der Waals surface area contributed by atoms with E-state index in [-0.39, 0.29) is 0 Å². The highest BCUT2D eigenvalue weighted by atomic mass is 15.1. The van der Waals surface area contributed by atoms with Crippen LogP contribution in [0.3, 0.4) is 0 Å². The molecule has 0 amide bonds. The van der Waals surface area contributed by atoms with Crippen molar-refractivity contribution in [2.24, 2.45) is 5.73 Å². The Morgan fingerprint density at radius 2 is 1.94 bits per heavy atom. The average Bonchev–Trinajstić information content (AvgIpc) is 2.83.